The second-order valence-corrected chi connectivity index (χ2v) is 6.44. The molecule has 0 saturated heterocycles. The second kappa shape index (κ2) is 6.19. The lowest BCUT2D eigenvalue weighted by Gasteiger charge is -2.47. The molecule has 0 heterocycles. The molecule has 17 heavy (non-hydrogen) atoms. The van der Waals surface area contributed by atoms with Crippen LogP contribution >= 0.6 is 0 Å². The van der Waals surface area contributed by atoms with E-state index in [1.807, 2.05) is 0 Å². The van der Waals surface area contributed by atoms with E-state index in [0.717, 1.165) is 5.92 Å². The van der Waals surface area contributed by atoms with E-state index < -0.39 is 0 Å². The largest absolute Gasteiger partial charge is 0.315 e. The average molecular weight is 238 g/mol. The van der Waals surface area contributed by atoms with Crippen molar-refractivity contribution in [1.82, 2.24) is 10.2 Å². The molecular weight excluding hydrogens is 208 g/mol. The van der Waals surface area contributed by atoms with E-state index in [1.54, 1.807) is 0 Å². The van der Waals surface area contributed by atoms with Gasteiger partial charge in [0.05, 0.1) is 0 Å². The first-order valence-corrected chi connectivity index (χ1v) is 7.61. The predicted molar refractivity (Wildman–Crippen MR) is 74.3 cm³/mol. The van der Waals surface area contributed by atoms with E-state index in [0.29, 0.717) is 5.54 Å². The van der Waals surface area contributed by atoms with Gasteiger partial charge in [0.25, 0.3) is 0 Å². The van der Waals surface area contributed by atoms with Gasteiger partial charge in [-0.3, -0.25) is 0 Å². The van der Waals surface area contributed by atoms with Gasteiger partial charge < -0.3 is 10.2 Å². The number of nitrogens with one attached hydrogen (secondary N) is 1. The van der Waals surface area contributed by atoms with Crippen molar-refractivity contribution in [1.29, 1.82) is 0 Å². The summed E-state index contributed by atoms with van der Waals surface area (Å²) in [5.74, 6) is 1.02. The molecule has 0 unspecified atom stereocenters. The summed E-state index contributed by atoms with van der Waals surface area (Å²) in [5, 5.41) is 3.72. The number of nitrogens with zero attached hydrogens (tertiary/aromatic N) is 1. The van der Waals surface area contributed by atoms with Crippen LogP contribution in [-0.4, -0.2) is 37.6 Å². The Morgan fingerprint density at radius 1 is 1.06 bits per heavy atom. The van der Waals surface area contributed by atoms with E-state index in [1.165, 1.54) is 70.9 Å². The van der Waals surface area contributed by atoms with Crippen molar-refractivity contribution >= 4 is 0 Å². The zero-order valence-corrected chi connectivity index (χ0v) is 11.8. The van der Waals surface area contributed by atoms with Gasteiger partial charge in [0.2, 0.25) is 0 Å². The molecule has 2 aliphatic carbocycles. The number of rotatable bonds is 6. The molecule has 2 rings (SSSR count). The summed E-state index contributed by atoms with van der Waals surface area (Å²) in [6, 6.07) is 0. The molecule has 2 nitrogen and oxygen atoms in total. The first-order chi connectivity index (χ1) is 8.23. The molecule has 0 aliphatic heterocycles. The van der Waals surface area contributed by atoms with E-state index >= 15 is 0 Å². The van der Waals surface area contributed by atoms with Crippen LogP contribution in [0.5, 0.6) is 0 Å². The molecule has 0 amide bonds. The summed E-state index contributed by atoms with van der Waals surface area (Å²) in [6.45, 7) is 2.44. The first kappa shape index (κ1) is 13.4. The van der Waals surface area contributed by atoms with Gasteiger partial charge in [0.1, 0.15) is 0 Å². The van der Waals surface area contributed by atoms with Crippen molar-refractivity contribution in [2.24, 2.45) is 5.92 Å². The van der Waals surface area contributed by atoms with Crippen LogP contribution in [0, 0.1) is 5.92 Å². The lowest BCUT2D eigenvalue weighted by atomic mass is 9.75. The Labute approximate surface area is 107 Å². The quantitative estimate of drug-likeness (QED) is 0.716. The highest BCUT2D eigenvalue weighted by Gasteiger charge is 2.38. The minimum absolute atomic E-state index is 0.493. The van der Waals surface area contributed by atoms with Gasteiger partial charge in [-0.25, -0.2) is 0 Å². The molecular formula is C15H30N2. The fraction of sp³-hybridized carbons (Fsp3) is 1.00. The van der Waals surface area contributed by atoms with Crippen molar-refractivity contribution < 1.29 is 0 Å². The van der Waals surface area contributed by atoms with Crippen molar-refractivity contribution in [3.05, 3.63) is 0 Å². The van der Waals surface area contributed by atoms with Gasteiger partial charge in [-0.1, -0.05) is 32.1 Å². The lowest BCUT2D eigenvalue weighted by Crippen LogP contribution is -2.56. The van der Waals surface area contributed by atoms with Gasteiger partial charge in [0.15, 0.2) is 0 Å². The number of likely N-dealkylation sites (N-methyl/N-ethyl adjacent to an activating group) is 1. The molecule has 100 valence electrons. The zero-order valence-electron chi connectivity index (χ0n) is 11.8. The molecule has 0 radical (unpaired) electrons. The van der Waals surface area contributed by atoms with E-state index in [4.69, 9.17) is 0 Å². The molecule has 2 heteroatoms. The highest BCUT2D eigenvalue weighted by molar-refractivity contribution is 4.97. The molecule has 0 bridgehead atoms. The Balaban J connectivity index is 1.59. The fourth-order valence-corrected chi connectivity index (χ4v) is 3.47. The first-order valence-electron chi connectivity index (χ1n) is 7.61. The number of hydrogen-bond acceptors (Lipinski definition) is 2. The van der Waals surface area contributed by atoms with Gasteiger partial charge >= 0.3 is 0 Å². The third-order valence-electron chi connectivity index (χ3n) is 5.14. The normalized spacial score (nSPS) is 24.9. The third-order valence-corrected chi connectivity index (χ3v) is 5.14. The molecule has 2 aliphatic rings. The third kappa shape index (κ3) is 3.45. The average Bonchev–Trinajstić information content (AvgIpc) is 2.27. The highest BCUT2D eigenvalue weighted by atomic mass is 15.2. The highest BCUT2D eigenvalue weighted by Crippen LogP contribution is 2.35. The SMILES string of the molecule is CN(C)C1(CNCCC2CCCCC2)CCC1. The van der Waals surface area contributed by atoms with Crippen LogP contribution in [0.15, 0.2) is 0 Å². The van der Waals surface area contributed by atoms with Crippen molar-refractivity contribution in [3.63, 3.8) is 0 Å². The molecule has 0 aromatic heterocycles. The smallest absolute Gasteiger partial charge is 0.0327 e. The maximum absolute atomic E-state index is 3.72. The summed E-state index contributed by atoms with van der Waals surface area (Å²) in [6.07, 6.45) is 13.0. The lowest BCUT2D eigenvalue weighted by molar-refractivity contribution is 0.0598. The van der Waals surface area contributed by atoms with Crippen LogP contribution in [0.25, 0.3) is 0 Å². The monoisotopic (exact) mass is 238 g/mol. The van der Waals surface area contributed by atoms with Crippen LogP contribution in [0.1, 0.15) is 57.8 Å². The van der Waals surface area contributed by atoms with Gasteiger partial charge in [-0.15, -0.1) is 0 Å². The Kier molecular flexibility index (Phi) is 4.87. The summed E-state index contributed by atoms with van der Waals surface area (Å²) in [5.41, 5.74) is 0.493. The minimum atomic E-state index is 0.493. The van der Waals surface area contributed by atoms with E-state index in [9.17, 15) is 0 Å². The van der Waals surface area contributed by atoms with Gasteiger partial charge in [-0.2, -0.15) is 0 Å². The maximum Gasteiger partial charge on any atom is 0.0327 e. The number of hydrogen-bond donors (Lipinski definition) is 1. The van der Waals surface area contributed by atoms with Crippen LogP contribution in [0.4, 0.5) is 0 Å². The molecule has 0 atom stereocenters. The second-order valence-electron chi connectivity index (χ2n) is 6.44. The Hall–Kier alpha value is -0.0800. The minimum Gasteiger partial charge on any atom is -0.315 e. The van der Waals surface area contributed by atoms with Gasteiger partial charge in [0, 0.05) is 12.1 Å². The molecule has 0 aromatic carbocycles. The standard InChI is InChI=1S/C15H30N2/c1-17(2)15(10-6-11-15)13-16-12-9-14-7-4-3-5-8-14/h14,16H,3-13H2,1-2H3. The topological polar surface area (TPSA) is 15.3 Å². The van der Waals surface area contributed by atoms with Crippen LogP contribution < -0.4 is 5.32 Å². The fourth-order valence-electron chi connectivity index (χ4n) is 3.47. The van der Waals surface area contributed by atoms with Crippen molar-refractivity contribution in [3.8, 4) is 0 Å². The van der Waals surface area contributed by atoms with Crippen LogP contribution in [0.2, 0.25) is 0 Å². The molecule has 0 spiro atoms. The Morgan fingerprint density at radius 2 is 1.76 bits per heavy atom. The molecule has 2 saturated carbocycles. The summed E-state index contributed by atoms with van der Waals surface area (Å²) in [4.78, 5) is 2.43. The van der Waals surface area contributed by atoms with Crippen LogP contribution in [0.3, 0.4) is 0 Å². The summed E-state index contributed by atoms with van der Waals surface area (Å²) in [7, 11) is 4.48. The summed E-state index contributed by atoms with van der Waals surface area (Å²) < 4.78 is 0. The zero-order chi connectivity index (χ0) is 12.1. The van der Waals surface area contributed by atoms with E-state index in [-0.39, 0.29) is 0 Å². The van der Waals surface area contributed by atoms with E-state index in [2.05, 4.69) is 24.3 Å². The Morgan fingerprint density at radius 3 is 2.29 bits per heavy atom. The van der Waals surface area contributed by atoms with Crippen molar-refractivity contribution in [2.75, 3.05) is 27.2 Å². The predicted octanol–water partition coefficient (Wildman–Crippen LogP) is 3.03. The molecule has 2 fully saturated rings. The maximum atomic E-state index is 3.72. The summed E-state index contributed by atoms with van der Waals surface area (Å²) >= 11 is 0. The Bertz CT molecular complexity index is 215. The molecule has 1 N–H and O–H groups in total. The van der Waals surface area contributed by atoms with Crippen molar-refractivity contribution in [2.45, 2.75) is 63.3 Å². The molecule has 0 aromatic rings. The van der Waals surface area contributed by atoms with Crippen LogP contribution in [-0.2, 0) is 0 Å². The van der Waals surface area contributed by atoms with Gasteiger partial charge in [-0.05, 0) is 52.2 Å².